The third-order valence-electron chi connectivity index (χ3n) is 3.69. The van der Waals surface area contributed by atoms with Crippen LogP contribution in [0.5, 0.6) is 0 Å². The highest BCUT2D eigenvalue weighted by atomic mass is 32.2. The van der Waals surface area contributed by atoms with Gasteiger partial charge in [-0.05, 0) is 38.0 Å². The van der Waals surface area contributed by atoms with Crippen molar-refractivity contribution < 1.29 is 17.9 Å². The van der Waals surface area contributed by atoms with Crippen molar-refractivity contribution in [2.24, 2.45) is 0 Å². The van der Waals surface area contributed by atoms with Crippen molar-refractivity contribution >= 4 is 10.1 Å². The largest absolute Gasteiger partial charge is 0.744 e. The Balaban J connectivity index is 0.000000204. The molecule has 0 radical (unpaired) electrons. The maximum atomic E-state index is 10.4. The summed E-state index contributed by atoms with van der Waals surface area (Å²) in [5.74, 6) is 0. The van der Waals surface area contributed by atoms with E-state index < -0.39 is 10.1 Å². The van der Waals surface area contributed by atoms with Gasteiger partial charge in [0.05, 0.1) is 18.5 Å². The highest BCUT2D eigenvalue weighted by molar-refractivity contribution is 7.85. The first kappa shape index (κ1) is 16.9. The highest BCUT2D eigenvalue weighted by Gasteiger charge is 2.13. The molecule has 1 unspecified atom stereocenters. The number of rotatable bonds is 1. The second kappa shape index (κ2) is 7.02. The summed E-state index contributed by atoms with van der Waals surface area (Å²) in [6, 6.07) is 5.78. The third kappa shape index (κ3) is 5.07. The fourth-order valence-electron chi connectivity index (χ4n) is 2.06. The first-order valence-electron chi connectivity index (χ1n) is 6.73. The minimum atomic E-state index is -4.27. The average Bonchev–Trinajstić information content (AvgIpc) is 2.36. The van der Waals surface area contributed by atoms with Gasteiger partial charge < -0.3 is 9.45 Å². The molecule has 1 N–H and O–H groups in total. The molecule has 0 saturated heterocycles. The molecule has 0 fully saturated rings. The van der Waals surface area contributed by atoms with Crippen molar-refractivity contribution in [2.45, 2.75) is 38.5 Å². The van der Waals surface area contributed by atoms with Crippen LogP contribution >= 0.6 is 0 Å². The number of hydrogen-bond donors (Lipinski definition) is 1. The SMILES string of the molecule is CC1=C(C)[NH+](C)CCC1.Cc1ccc(S(=O)(=O)[O-])cc1. The normalized spacial score (nSPS) is 19.4. The summed E-state index contributed by atoms with van der Waals surface area (Å²) >= 11 is 0. The number of quaternary nitrogens is 1. The van der Waals surface area contributed by atoms with E-state index in [2.05, 4.69) is 20.9 Å². The van der Waals surface area contributed by atoms with E-state index in [1.54, 1.807) is 28.3 Å². The number of aryl methyl sites for hydroxylation is 1. The van der Waals surface area contributed by atoms with Gasteiger partial charge in [-0.3, -0.25) is 0 Å². The molecule has 5 heteroatoms. The fourth-order valence-corrected chi connectivity index (χ4v) is 2.53. The molecule has 0 spiro atoms. The number of hydrogen-bond acceptors (Lipinski definition) is 3. The van der Waals surface area contributed by atoms with Crippen molar-refractivity contribution in [3.05, 3.63) is 41.1 Å². The lowest BCUT2D eigenvalue weighted by atomic mass is 10.1. The van der Waals surface area contributed by atoms with Crippen molar-refractivity contribution in [3.8, 4) is 0 Å². The second-order valence-electron chi connectivity index (χ2n) is 5.31. The van der Waals surface area contributed by atoms with Crippen LogP contribution in [0.3, 0.4) is 0 Å². The second-order valence-corrected chi connectivity index (χ2v) is 6.69. The van der Waals surface area contributed by atoms with Crippen molar-refractivity contribution in [3.63, 3.8) is 0 Å². The third-order valence-corrected chi connectivity index (χ3v) is 4.54. The minimum absolute atomic E-state index is 0.178. The van der Waals surface area contributed by atoms with E-state index in [9.17, 15) is 13.0 Å². The molecule has 0 aliphatic carbocycles. The van der Waals surface area contributed by atoms with E-state index in [1.807, 2.05) is 6.92 Å². The molecule has 0 bridgehead atoms. The van der Waals surface area contributed by atoms with Crippen LogP contribution in [-0.2, 0) is 10.1 Å². The lowest BCUT2D eigenvalue weighted by Crippen LogP contribution is -3.07. The van der Waals surface area contributed by atoms with E-state index >= 15 is 0 Å². The van der Waals surface area contributed by atoms with Gasteiger partial charge in [0.15, 0.2) is 0 Å². The van der Waals surface area contributed by atoms with Gasteiger partial charge in [0.25, 0.3) is 0 Å². The Labute approximate surface area is 121 Å². The predicted octanol–water partition coefficient (Wildman–Crippen LogP) is 1.49. The van der Waals surface area contributed by atoms with E-state index in [0.717, 1.165) is 5.56 Å². The van der Waals surface area contributed by atoms with Crippen LogP contribution in [0, 0.1) is 6.92 Å². The lowest BCUT2D eigenvalue weighted by Gasteiger charge is -2.21. The first-order valence-corrected chi connectivity index (χ1v) is 8.14. The monoisotopic (exact) mass is 297 g/mol. The Morgan fingerprint density at radius 1 is 1.10 bits per heavy atom. The van der Waals surface area contributed by atoms with E-state index in [1.165, 1.54) is 31.5 Å². The molecule has 0 saturated carbocycles. The van der Waals surface area contributed by atoms with Gasteiger partial charge in [0.1, 0.15) is 15.8 Å². The molecule has 1 atom stereocenters. The van der Waals surface area contributed by atoms with Crippen LogP contribution < -0.4 is 4.90 Å². The average molecular weight is 297 g/mol. The molecule has 1 aliphatic rings. The zero-order valence-corrected chi connectivity index (χ0v) is 13.4. The van der Waals surface area contributed by atoms with Crippen LogP contribution in [0.1, 0.15) is 32.3 Å². The summed E-state index contributed by atoms with van der Waals surface area (Å²) in [6.45, 7) is 7.63. The lowest BCUT2D eigenvalue weighted by molar-refractivity contribution is -0.842. The number of nitrogens with one attached hydrogen (secondary N) is 1. The van der Waals surface area contributed by atoms with Gasteiger partial charge in [-0.25, -0.2) is 8.42 Å². The van der Waals surface area contributed by atoms with E-state index in [-0.39, 0.29) is 4.90 Å². The number of allylic oxidation sites excluding steroid dienone is 2. The Morgan fingerprint density at radius 2 is 1.65 bits per heavy atom. The molecule has 1 aliphatic heterocycles. The maximum absolute atomic E-state index is 10.4. The first-order chi connectivity index (χ1) is 9.21. The highest BCUT2D eigenvalue weighted by Crippen LogP contribution is 2.09. The summed E-state index contributed by atoms with van der Waals surface area (Å²) in [5, 5.41) is 0. The summed E-state index contributed by atoms with van der Waals surface area (Å²) in [5.41, 5.74) is 4.08. The van der Waals surface area contributed by atoms with Gasteiger partial charge in [0, 0.05) is 13.3 Å². The molecular formula is C15H23NO3S. The van der Waals surface area contributed by atoms with Gasteiger partial charge in [-0.15, -0.1) is 0 Å². The molecule has 1 aromatic carbocycles. The molecule has 0 amide bonds. The summed E-state index contributed by atoms with van der Waals surface area (Å²) in [7, 11) is -2.02. The summed E-state index contributed by atoms with van der Waals surface area (Å²) in [4.78, 5) is 1.42. The van der Waals surface area contributed by atoms with Crippen LogP contribution in [0.4, 0.5) is 0 Å². The Morgan fingerprint density at radius 3 is 2.05 bits per heavy atom. The Kier molecular flexibility index (Phi) is 5.92. The quantitative estimate of drug-likeness (QED) is 0.799. The Hall–Kier alpha value is -1.17. The summed E-state index contributed by atoms with van der Waals surface area (Å²) < 4.78 is 31.2. The molecule has 112 valence electrons. The Bertz CT molecular complexity index is 574. The zero-order chi connectivity index (χ0) is 15.3. The minimum Gasteiger partial charge on any atom is -0.744 e. The van der Waals surface area contributed by atoms with Gasteiger partial charge in [-0.2, -0.15) is 0 Å². The van der Waals surface area contributed by atoms with Crippen LogP contribution in [0.15, 0.2) is 40.4 Å². The maximum Gasteiger partial charge on any atom is 0.124 e. The predicted molar refractivity (Wildman–Crippen MR) is 78.5 cm³/mol. The van der Waals surface area contributed by atoms with E-state index in [0.29, 0.717) is 0 Å². The fraction of sp³-hybridized carbons (Fsp3) is 0.467. The topological polar surface area (TPSA) is 61.6 Å². The van der Waals surface area contributed by atoms with E-state index in [4.69, 9.17) is 0 Å². The van der Waals surface area contributed by atoms with Gasteiger partial charge >= 0.3 is 0 Å². The molecule has 1 aromatic rings. The van der Waals surface area contributed by atoms with Crippen molar-refractivity contribution in [1.82, 2.24) is 0 Å². The smallest absolute Gasteiger partial charge is 0.124 e. The van der Waals surface area contributed by atoms with Gasteiger partial charge in [-0.1, -0.05) is 17.7 Å². The van der Waals surface area contributed by atoms with Crippen molar-refractivity contribution in [1.29, 1.82) is 0 Å². The zero-order valence-electron chi connectivity index (χ0n) is 12.6. The standard InChI is InChI=1S/C8H15N.C7H8O3S/c1-7-5-4-6-9(3)8(7)2;1-6-2-4-7(5-3-6)11(8,9)10/h4-6H2,1-3H3;2-5H,1H3,(H,8,9,10). The van der Waals surface area contributed by atoms with Gasteiger partial charge in [0.2, 0.25) is 0 Å². The molecule has 1 heterocycles. The van der Waals surface area contributed by atoms with Crippen LogP contribution in [0.25, 0.3) is 0 Å². The molecule has 20 heavy (non-hydrogen) atoms. The molecular weight excluding hydrogens is 274 g/mol. The summed E-state index contributed by atoms with van der Waals surface area (Å²) in [6.07, 6.45) is 2.69. The van der Waals surface area contributed by atoms with Crippen LogP contribution in [0.2, 0.25) is 0 Å². The van der Waals surface area contributed by atoms with Crippen LogP contribution in [-0.4, -0.2) is 26.6 Å². The van der Waals surface area contributed by atoms with Crippen molar-refractivity contribution in [2.75, 3.05) is 13.6 Å². The molecule has 0 aromatic heterocycles. The molecule has 2 rings (SSSR count). The number of benzene rings is 1. The molecule has 4 nitrogen and oxygen atoms in total.